The van der Waals surface area contributed by atoms with E-state index in [1.54, 1.807) is 14.0 Å². The molecule has 0 bridgehead atoms. The summed E-state index contributed by atoms with van der Waals surface area (Å²) in [5.41, 5.74) is -0.226. The average Bonchev–Trinajstić information content (AvgIpc) is 3.33. The predicted molar refractivity (Wildman–Crippen MR) is 112 cm³/mol. The fourth-order valence-electron chi connectivity index (χ4n) is 4.63. The van der Waals surface area contributed by atoms with Gasteiger partial charge in [-0.1, -0.05) is 24.4 Å². The number of aliphatic hydroxyl groups excluding tert-OH is 1. The van der Waals surface area contributed by atoms with E-state index in [1.165, 1.54) is 4.90 Å². The van der Waals surface area contributed by atoms with Crippen molar-refractivity contribution in [3.63, 3.8) is 0 Å². The number of halogens is 3. The molecule has 1 unspecified atom stereocenters. The highest BCUT2D eigenvalue weighted by Gasteiger charge is 2.37. The van der Waals surface area contributed by atoms with Crippen molar-refractivity contribution in [2.24, 2.45) is 11.8 Å². The molecule has 0 radical (unpaired) electrons. The molecule has 2 N–H and O–H groups in total. The van der Waals surface area contributed by atoms with E-state index in [9.17, 15) is 23.5 Å². The van der Waals surface area contributed by atoms with Crippen LogP contribution >= 0.6 is 11.6 Å². The van der Waals surface area contributed by atoms with Crippen LogP contribution in [0.4, 0.5) is 13.6 Å². The largest absolute Gasteiger partial charge is 0.444 e. The topological polar surface area (TPSA) is 78.9 Å². The molecule has 1 saturated carbocycles. The van der Waals surface area contributed by atoms with Crippen molar-refractivity contribution >= 4 is 23.6 Å². The molecule has 9 heteroatoms. The van der Waals surface area contributed by atoms with Gasteiger partial charge in [0.25, 0.3) is 0 Å². The molecule has 1 saturated heterocycles. The van der Waals surface area contributed by atoms with Gasteiger partial charge in [0.2, 0.25) is 5.91 Å². The summed E-state index contributed by atoms with van der Waals surface area (Å²) in [6.07, 6.45) is 1.95. The van der Waals surface area contributed by atoms with Crippen LogP contribution in [0.1, 0.15) is 57.1 Å². The molecule has 31 heavy (non-hydrogen) atoms. The molecule has 1 heterocycles. The number of ether oxygens (including phenoxy) is 1. The minimum absolute atomic E-state index is 0.117. The van der Waals surface area contributed by atoms with Crippen LogP contribution in [-0.2, 0) is 9.53 Å². The van der Waals surface area contributed by atoms with Gasteiger partial charge >= 0.3 is 6.09 Å². The third kappa shape index (κ3) is 5.66. The highest BCUT2D eigenvalue weighted by molar-refractivity contribution is 6.30. The Bertz CT molecular complexity index is 817. The minimum atomic E-state index is -0.864. The number of nitrogens with zero attached hydrogens (tertiary/aromatic N) is 1. The summed E-state index contributed by atoms with van der Waals surface area (Å²) in [5, 5.41) is 12.5. The van der Waals surface area contributed by atoms with Crippen molar-refractivity contribution in [3.05, 3.63) is 34.4 Å². The Hall–Kier alpha value is -1.93. The number of cyclic esters (lactones) is 1. The molecular formula is C22H29ClF2N2O4. The van der Waals surface area contributed by atoms with Gasteiger partial charge in [-0.3, -0.25) is 4.79 Å². The number of amides is 2. The summed E-state index contributed by atoms with van der Waals surface area (Å²) in [5.74, 6) is -2.84. The summed E-state index contributed by atoms with van der Waals surface area (Å²) >= 11 is 5.90. The van der Waals surface area contributed by atoms with E-state index in [0.29, 0.717) is 6.54 Å². The molecule has 4 atom stereocenters. The number of carbonyl (C=O) groups is 2. The van der Waals surface area contributed by atoms with E-state index in [1.807, 2.05) is 0 Å². The second kappa shape index (κ2) is 10.1. The van der Waals surface area contributed by atoms with Crippen molar-refractivity contribution in [1.82, 2.24) is 10.2 Å². The lowest BCUT2D eigenvalue weighted by Gasteiger charge is -2.29. The molecule has 2 aliphatic rings. The molecule has 1 aliphatic heterocycles. The van der Waals surface area contributed by atoms with E-state index in [0.717, 1.165) is 37.8 Å². The molecule has 0 spiro atoms. The zero-order valence-electron chi connectivity index (χ0n) is 17.7. The van der Waals surface area contributed by atoms with Crippen LogP contribution in [0, 0.1) is 23.5 Å². The van der Waals surface area contributed by atoms with Crippen LogP contribution in [-0.4, -0.2) is 47.8 Å². The van der Waals surface area contributed by atoms with Crippen LogP contribution in [0.5, 0.6) is 0 Å². The molecule has 0 aromatic heterocycles. The monoisotopic (exact) mass is 458 g/mol. The third-order valence-electron chi connectivity index (χ3n) is 6.16. The number of likely N-dealkylation sites (N-methyl/N-ethyl adjacent to an activating group) is 1. The maximum absolute atomic E-state index is 14.8. The van der Waals surface area contributed by atoms with Crippen molar-refractivity contribution in [3.8, 4) is 0 Å². The van der Waals surface area contributed by atoms with Gasteiger partial charge in [0.05, 0.1) is 23.7 Å². The van der Waals surface area contributed by atoms with Gasteiger partial charge in [-0.05, 0) is 50.7 Å². The minimum Gasteiger partial charge on any atom is -0.444 e. The number of hydrogen-bond donors (Lipinski definition) is 2. The van der Waals surface area contributed by atoms with Gasteiger partial charge in [-0.15, -0.1) is 0 Å². The highest BCUT2D eigenvalue weighted by atomic mass is 35.5. The van der Waals surface area contributed by atoms with Gasteiger partial charge in [-0.2, -0.15) is 0 Å². The maximum Gasteiger partial charge on any atom is 0.409 e. The molecule has 1 aromatic carbocycles. The first-order valence-corrected chi connectivity index (χ1v) is 11.1. The fourth-order valence-corrected chi connectivity index (χ4v) is 4.79. The predicted octanol–water partition coefficient (Wildman–Crippen LogP) is 4.19. The van der Waals surface area contributed by atoms with Crippen molar-refractivity contribution in [1.29, 1.82) is 0 Å². The molecule has 1 aliphatic carbocycles. The molecule has 172 valence electrons. The van der Waals surface area contributed by atoms with Crippen molar-refractivity contribution < 1.29 is 28.2 Å². The second-order valence-electron chi connectivity index (χ2n) is 8.69. The van der Waals surface area contributed by atoms with Crippen LogP contribution in [0.15, 0.2) is 12.1 Å². The molecular weight excluding hydrogens is 430 g/mol. The molecule has 1 aromatic rings. The normalized spacial score (nSPS) is 22.3. The number of carbonyl (C=O) groups excluding carboxylic acids is 2. The Morgan fingerprint density at radius 1 is 1.35 bits per heavy atom. The quantitative estimate of drug-likeness (QED) is 0.572. The van der Waals surface area contributed by atoms with E-state index < -0.39 is 47.8 Å². The zero-order valence-corrected chi connectivity index (χ0v) is 18.5. The molecule has 3 rings (SSSR count). The van der Waals surface area contributed by atoms with Gasteiger partial charge < -0.3 is 20.1 Å². The Kier molecular flexibility index (Phi) is 7.75. The summed E-state index contributed by atoms with van der Waals surface area (Å²) in [7, 11) is 1.60. The SMILES string of the molecule is C[C@@H](O)C[C@H](CC1CN(C)C(=O)O1)C(=O)N[C@H](c1c(F)ccc(Cl)c1F)C1CCCC1. The van der Waals surface area contributed by atoms with Gasteiger partial charge in [0.1, 0.15) is 17.7 Å². The fraction of sp³-hybridized carbons (Fsp3) is 0.636. The van der Waals surface area contributed by atoms with E-state index in [-0.39, 0.29) is 29.3 Å². The summed E-state index contributed by atoms with van der Waals surface area (Å²) < 4.78 is 34.7. The number of nitrogens with one attached hydrogen (secondary N) is 1. The number of benzene rings is 1. The standard InChI is InChI=1S/C22H29ClF2N2O4/c1-12(28)9-14(10-15-11-27(2)22(30)31-15)21(29)26-20(13-5-3-4-6-13)18-17(24)8-7-16(23)19(18)25/h7-8,12-15,20,28H,3-6,9-11H2,1-2H3,(H,26,29)/t12-,14-,15?,20+/m1/s1. The van der Waals surface area contributed by atoms with E-state index in [4.69, 9.17) is 16.3 Å². The van der Waals surface area contributed by atoms with Crippen molar-refractivity contribution in [2.75, 3.05) is 13.6 Å². The lowest BCUT2D eigenvalue weighted by molar-refractivity contribution is -0.128. The first-order valence-electron chi connectivity index (χ1n) is 10.7. The Balaban J connectivity index is 1.83. The van der Waals surface area contributed by atoms with Crippen molar-refractivity contribution in [2.45, 2.75) is 63.7 Å². The molecule has 2 fully saturated rings. The van der Waals surface area contributed by atoms with E-state index in [2.05, 4.69) is 5.32 Å². The average molecular weight is 459 g/mol. The molecule has 2 amide bonds. The van der Waals surface area contributed by atoms with Gasteiger partial charge in [0.15, 0.2) is 0 Å². The Labute approximate surface area is 185 Å². The maximum atomic E-state index is 14.8. The lowest BCUT2D eigenvalue weighted by atomic mass is 9.88. The third-order valence-corrected chi connectivity index (χ3v) is 6.45. The lowest BCUT2D eigenvalue weighted by Crippen LogP contribution is -2.40. The second-order valence-corrected chi connectivity index (χ2v) is 9.10. The van der Waals surface area contributed by atoms with Crippen LogP contribution in [0.25, 0.3) is 0 Å². The van der Waals surface area contributed by atoms with Gasteiger partial charge in [0, 0.05) is 18.5 Å². The number of hydrogen-bond acceptors (Lipinski definition) is 4. The Morgan fingerprint density at radius 2 is 2.03 bits per heavy atom. The summed E-state index contributed by atoms with van der Waals surface area (Å²) in [4.78, 5) is 26.3. The van der Waals surface area contributed by atoms with Crippen LogP contribution < -0.4 is 5.32 Å². The highest BCUT2D eigenvalue weighted by Crippen LogP contribution is 2.39. The van der Waals surface area contributed by atoms with Crippen LogP contribution in [0.3, 0.4) is 0 Å². The number of aliphatic hydroxyl groups is 1. The van der Waals surface area contributed by atoms with Crippen LogP contribution in [0.2, 0.25) is 5.02 Å². The summed E-state index contributed by atoms with van der Waals surface area (Å²) in [6, 6.07) is 1.40. The Morgan fingerprint density at radius 3 is 2.61 bits per heavy atom. The van der Waals surface area contributed by atoms with E-state index >= 15 is 0 Å². The summed E-state index contributed by atoms with van der Waals surface area (Å²) in [6.45, 7) is 1.91. The first-order chi connectivity index (χ1) is 14.7. The smallest absolute Gasteiger partial charge is 0.409 e. The van der Waals surface area contributed by atoms with Gasteiger partial charge in [-0.25, -0.2) is 13.6 Å². The molecule has 6 nitrogen and oxygen atoms in total. The first kappa shape index (κ1) is 23.7. The number of rotatable bonds is 8. The zero-order chi connectivity index (χ0) is 22.7.